The molecule has 0 saturated carbocycles. The number of fused-ring (bicyclic) bond motifs is 1. The van der Waals surface area contributed by atoms with E-state index in [0.29, 0.717) is 45.0 Å². The van der Waals surface area contributed by atoms with Gasteiger partial charge in [0.2, 0.25) is 10.0 Å². The summed E-state index contributed by atoms with van der Waals surface area (Å²) < 4.78 is 28.4. The molecule has 8 nitrogen and oxygen atoms in total. The standard InChI is InChI=1S/C25H25BrN4O4S/c26-21-5-8-23(9-6-21)35(33,34)29-15-13-27(14-16-29)22-7-10-24(30(31)32)25(17-22)28-12-11-19-3-1-2-4-20(19)18-28/h1-10,17H,11-16,18H2. The fourth-order valence-corrected chi connectivity index (χ4v) is 6.45. The lowest BCUT2D eigenvalue weighted by atomic mass is 9.99. The van der Waals surface area contributed by atoms with E-state index in [1.54, 1.807) is 36.4 Å². The van der Waals surface area contributed by atoms with Gasteiger partial charge in [0.15, 0.2) is 0 Å². The van der Waals surface area contributed by atoms with Gasteiger partial charge in [-0.1, -0.05) is 40.2 Å². The Morgan fingerprint density at radius 1 is 0.829 bits per heavy atom. The number of anilines is 2. The number of benzene rings is 3. The SMILES string of the molecule is O=[N+]([O-])c1ccc(N2CCN(S(=O)(=O)c3ccc(Br)cc3)CC2)cc1N1CCc2ccccc2C1. The molecule has 0 N–H and O–H groups in total. The van der Waals surface area contributed by atoms with Gasteiger partial charge in [-0.05, 0) is 53.9 Å². The molecule has 2 heterocycles. The van der Waals surface area contributed by atoms with Crippen molar-refractivity contribution >= 4 is 43.0 Å². The van der Waals surface area contributed by atoms with E-state index < -0.39 is 10.0 Å². The van der Waals surface area contributed by atoms with Crippen molar-refractivity contribution in [1.82, 2.24) is 4.31 Å². The fourth-order valence-electron chi connectivity index (χ4n) is 4.76. The van der Waals surface area contributed by atoms with E-state index in [-0.39, 0.29) is 15.5 Å². The number of hydrogen-bond acceptors (Lipinski definition) is 6. The highest BCUT2D eigenvalue weighted by Crippen LogP contribution is 2.36. The van der Waals surface area contributed by atoms with Crippen LogP contribution >= 0.6 is 15.9 Å². The number of halogens is 1. The van der Waals surface area contributed by atoms with Crippen molar-refractivity contribution in [2.24, 2.45) is 0 Å². The Bertz CT molecular complexity index is 1360. The molecule has 35 heavy (non-hydrogen) atoms. The van der Waals surface area contributed by atoms with Gasteiger partial charge in [0.05, 0.1) is 9.82 Å². The topological polar surface area (TPSA) is 87.0 Å². The molecule has 1 saturated heterocycles. The lowest BCUT2D eigenvalue weighted by molar-refractivity contribution is -0.384. The first-order chi connectivity index (χ1) is 16.8. The molecule has 5 rings (SSSR count). The van der Waals surface area contributed by atoms with Gasteiger partial charge in [-0.25, -0.2) is 8.42 Å². The summed E-state index contributed by atoms with van der Waals surface area (Å²) in [7, 11) is -3.57. The molecule has 3 aromatic carbocycles. The van der Waals surface area contributed by atoms with Crippen molar-refractivity contribution in [2.45, 2.75) is 17.9 Å². The van der Waals surface area contributed by atoms with Crippen molar-refractivity contribution in [2.75, 3.05) is 42.5 Å². The van der Waals surface area contributed by atoms with Crippen molar-refractivity contribution in [1.29, 1.82) is 0 Å². The van der Waals surface area contributed by atoms with E-state index >= 15 is 0 Å². The van der Waals surface area contributed by atoms with E-state index in [9.17, 15) is 18.5 Å². The van der Waals surface area contributed by atoms with Crippen molar-refractivity contribution in [3.8, 4) is 0 Å². The average molecular weight is 557 g/mol. The van der Waals surface area contributed by atoms with Crippen molar-refractivity contribution in [3.63, 3.8) is 0 Å². The normalized spacial score (nSPS) is 16.7. The molecular formula is C25H25BrN4O4S. The Hall–Kier alpha value is -2.95. The maximum Gasteiger partial charge on any atom is 0.292 e. The second-order valence-electron chi connectivity index (χ2n) is 8.72. The third-order valence-electron chi connectivity index (χ3n) is 6.68. The summed E-state index contributed by atoms with van der Waals surface area (Å²) >= 11 is 3.34. The Kier molecular flexibility index (Phi) is 6.52. The highest BCUT2D eigenvalue weighted by Gasteiger charge is 2.30. The van der Waals surface area contributed by atoms with E-state index in [1.807, 2.05) is 18.2 Å². The number of sulfonamides is 1. The largest absolute Gasteiger partial charge is 0.369 e. The minimum absolute atomic E-state index is 0.0876. The van der Waals surface area contributed by atoms with Crippen LogP contribution in [0.25, 0.3) is 0 Å². The average Bonchev–Trinajstić information content (AvgIpc) is 2.88. The van der Waals surface area contributed by atoms with E-state index in [4.69, 9.17) is 0 Å². The highest BCUT2D eigenvalue weighted by atomic mass is 79.9. The quantitative estimate of drug-likeness (QED) is 0.341. The Labute approximate surface area is 213 Å². The first-order valence-electron chi connectivity index (χ1n) is 11.4. The molecule has 2 aliphatic rings. The Balaban J connectivity index is 1.35. The Morgan fingerprint density at radius 2 is 1.51 bits per heavy atom. The summed E-state index contributed by atoms with van der Waals surface area (Å²) in [6, 6.07) is 20.1. The molecule has 3 aromatic rings. The maximum absolute atomic E-state index is 13.0. The smallest absolute Gasteiger partial charge is 0.292 e. The molecule has 0 aliphatic carbocycles. The van der Waals surface area contributed by atoms with Crippen LogP contribution in [0.2, 0.25) is 0 Å². The predicted molar refractivity (Wildman–Crippen MR) is 139 cm³/mol. The lowest BCUT2D eigenvalue weighted by Crippen LogP contribution is -2.48. The number of nitro groups is 1. The van der Waals surface area contributed by atoms with E-state index in [1.165, 1.54) is 15.4 Å². The molecule has 182 valence electrons. The molecule has 0 atom stereocenters. The summed E-state index contributed by atoms with van der Waals surface area (Å²) in [5, 5.41) is 11.8. The van der Waals surface area contributed by atoms with Crippen LogP contribution in [0.5, 0.6) is 0 Å². The minimum atomic E-state index is -3.57. The van der Waals surface area contributed by atoms with Crippen LogP contribution in [0.15, 0.2) is 76.1 Å². The number of nitrogens with zero attached hydrogens (tertiary/aromatic N) is 4. The second kappa shape index (κ2) is 9.60. The lowest BCUT2D eigenvalue weighted by Gasteiger charge is -2.36. The van der Waals surface area contributed by atoms with E-state index in [2.05, 4.69) is 37.9 Å². The molecule has 0 bridgehead atoms. The van der Waals surface area contributed by atoms with Crippen LogP contribution in [-0.4, -0.2) is 50.4 Å². The van der Waals surface area contributed by atoms with Crippen LogP contribution < -0.4 is 9.80 Å². The van der Waals surface area contributed by atoms with Gasteiger partial charge in [-0.15, -0.1) is 0 Å². The van der Waals surface area contributed by atoms with Gasteiger partial charge in [0.25, 0.3) is 5.69 Å². The third kappa shape index (κ3) is 4.78. The fraction of sp³-hybridized carbons (Fsp3) is 0.280. The second-order valence-corrected chi connectivity index (χ2v) is 11.6. The summed E-state index contributed by atoms with van der Waals surface area (Å²) in [6.45, 7) is 3.05. The molecule has 2 aliphatic heterocycles. The molecule has 0 radical (unpaired) electrons. The van der Waals surface area contributed by atoms with Crippen LogP contribution in [0, 0.1) is 10.1 Å². The van der Waals surface area contributed by atoms with E-state index in [0.717, 1.165) is 16.6 Å². The van der Waals surface area contributed by atoms with Gasteiger partial charge in [-0.2, -0.15) is 4.31 Å². The number of piperazine rings is 1. The number of rotatable bonds is 5. The van der Waals surface area contributed by atoms with Gasteiger partial charge >= 0.3 is 0 Å². The molecule has 10 heteroatoms. The summed E-state index contributed by atoms with van der Waals surface area (Å²) in [6.07, 6.45) is 0.837. The van der Waals surface area contributed by atoms with Gasteiger partial charge in [0.1, 0.15) is 5.69 Å². The zero-order valence-corrected chi connectivity index (χ0v) is 21.4. The Morgan fingerprint density at radius 3 is 2.20 bits per heavy atom. The molecule has 0 aromatic heterocycles. The number of hydrogen-bond donors (Lipinski definition) is 0. The van der Waals surface area contributed by atoms with Gasteiger partial charge in [-0.3, -0.25) is 10.1 Å². The van der Waals surface area contributed by atoms with Gasteiger partial charge < -0.3 is 9.80 Å². The molecular weight excluding hydrogens is 532 g/mol. The zero-order chi connectivity index (χ0) is 24.6. The van der Waals surface area contributed by atoms with Crippen molar-refractivity contribution < 1.29 is 13.3 Å². The third-order valence-corrected chi connectivity index (χ3v) is 9.12. The van der Waals surface area contributed by atoms with Gasteiger partial charge in [0, 0.05) is 55.5 Å². The highest BCUT2D eigenvalue weighted by molar-refractivity contribution is 9.10. The molecule has 0 unspecified atom stereocenters. The summed E-state index contributed by atoms with van der Waals surface area (Å²) in [4.78, 5) is 15.9. The van der Waals surface area contributed by atoms with Crippen LogP contribution in [0.3, 0.4) is 0 Å². The predicted octanol–water partition coefficient (Wildman–Crippen LogP) is 4.43. The van der Waals surface area contributed by atoms with Crippen LogP contribution in [0.1, 0.15) is 11.1 Å². The van der Waals surface area contributed by atoms with Crippen molar-refractivity contribution in [3.05, 3.63) is 92.4 Å². The molecule has 0 amide bonds. The monoisotopic (exact) mass is 556 g/mol. The molecule has 1 fully saturated rings. The number of nitro benzene ring substituents is 1. The zero-order valence-electron chi connectivity index (χ0n) is 19.0. The maximum atomic E-state index is 13.0. The van der Waals surface area contributed by atoms with Crippen LogP contribution in [0.4, 0.5) is 17.1 Å². The molecule has 0 spiro atoms. The minimum Gasteiger partial charge on any atom is -0.369 e. The summed E-state index contributed by atoms with van der Waals surface area (Å²) in [5.41, 5.74) is 4.03. The summed E-state index contributed by atoms with van der Waals surface area (Å²) in [5.74, 6) is 0. The first kappa shape index (κ1) is 23.8. The first-order valence-corrected chi connectivity index (χ1v) is 13.7. The van der Waals surface area contributed by atoms with Crippen LogP contribution in [-0.2, 0) is 23.0 Å².